The zero-order chi connectivity index (χ0) is 17.1. The minimum Gasteiger partial charge on any atom is -0.319 e. The molecule has 24 heavy (non-hydrogen) atoms. The maximum absolute atomic E-state index is 6.72. The number of nitrogens with zero attached hydrogens (tertiary/aromatic N) is 2. The molecule has 0 aliphatic rings. The smallest absolute Gasteiger partial charge is 0.125 e. The van der Waals surface area contributed by atoms with Crippen LogP contribution in [0.15, 0.2) is 66.1 Å². The number of aromatic nitrogens is 2. The highest BCUT2D eigenvalue weighted by Gasteiger charge is 2.24. The number of rotatable bonds is 5. The van der Waals surface area contributed by atoms with Gasteiger partial charge in [-0.05, 0) is 35.9 Å². The molecule has 0 aliphatic carbocycles. The number of hydrogen-bond acceptors (Lipinski definition) is 2. The van der Waals surface area contributed by atoms with E-state index in [1.165, 1.54) is 0 Å². The van der Waals surface area contributed by atoms with Gasteiger partial charge < -0.3 is 4.57 Å². The van der Waals surface area contributed by atoms with Crippen LogP contribution >= 0.6 is 58.2 Å². The van der Waals surface area contributed by atoms with Crippen LogP contribution in [0, 0.1) is 0 Å². The molecule has 2 unspecified atom stereocenters. The molecule has 0 radical (unpaired) electrons. The fourth-order valence-corrected chi connectivity index (χ4v) is 4.28. The average Bonchev–Trinajstić information content (AvgIpc) is 3.11. The van der Waals surface area contributed by atoms with Gasteiger partial charge in [0.2, 0.25) is 0 Å². The minimum absolute atomic E-state index is 0.0598. The maximum Gasteiger partial charge on any atom is 0.125 e. The molecule has 0 aliphatic heterocycles. The largest absolute Gasteiger partial charge is 0.319 e. The van der Waals surface area contributed by atoms with Gasteiger partial charge in [0.25, 0.3) is 0 Å². The maximum atomic E-state index is 6.72. The van der Waals surface area contributed by atoms with Gasteiger partial charge in [-0.2, -0.15) is 0 Å². The van der Waals surface area contributed by atoms with E-state index < -0.39 is 0 Å². The van der Waals surface area contributed by atoms with Gasteiger partial charge in [-0.15, -0.1) is 11.8 Å². The van der Waals surface area contributed by atoms with Crippen LogP contribution in [0.5, 0.6) is 0 Å². The van der Waals surface area contributed by atoms with Crippen LogP contribution in [0.4, 0.5) is 0 Å². The van der Waals surface area contributed by atoms with Crippen molar-refractivity contribution in [3.05, 3.63) is 81.8 Å². The molecular weight excluding hydrogens is 406 g/mol. The topological polar surface area (TPSA) is 17.8 Å². The molecule has 124 valence electrons. The van der Waals surface area contributed by atoms with Gasteiger partial charge in [0.05, 0.1) is 21.6 Å². The lowest BCUT2D eigenvalue weighted by Crippen LogP contribution is -2.09. The fraction of sp³-hybridized carbons (Fsp3) is 0.118. The third kappa shape index (κ3) is 4.22. The summed E-state index contributed by atoms with van der Waals surface area (Å²) in [5.74, 6) is 0. The summed E-state index contributed by atoms with van der Waals surface area (Å²) in [7, 11) is 0. The fourth-order valence-electron chi connectivity index (χ4n) is 2.20. The van der Waals surface area contributed by atoms with E-state index in [0.29, 0.717) is 15.1 Å². The molecule has 0 N–H and O–H groups in total. The standard InChI is InChI=1S/C17H12Cl4N2S/c18-12-3-1-11(2-4-12)16(17(21)23-8-7-22-10-23)24-13-5-6-14(19)15(20)9-13/h1-10,16-17H. The summed E-state index contributed by atoms with van der Waals surface area (Å²) in [5, 5.41) is 1.67. The van der Waals surface area contributed by atoms with Crippen molar-refractivity contribution in [3.63, 3.8) is 0 Å². The Kier molecular flexibility index (Phi) is 6.01. The molecule has 2 atom stereocenters. The Morgan fingerprint density at radius 2 is 1.71 bits per heavy atom. The van der Waals surface area contributed by atoms with Crippen LogP contribution in [-0.4, -0.2) is 9.55 Å². The first-order valence-corrected chi connectivity index (χ1v) is 9.48. The van der Waals surface area contributed by atoms with E-state index in [9.17, 15) is 0 Å². The number of halogens is 4. The molecule has 0 fully saturated rings. The average molecular weight is 418 g/mol. The first-order chi connectivity index (χ1) is 11.5. The molecule has 0 saturated carbocycles. The first kappa shape index (κ1) is 18.0. The highest BCUT2D eigenvalue weighted by molar-refractivity contribution is 7.99. The van der Waals surface area contributed by atoms with Crippen LogP contribution < -0.4 is 0 Å². The second-order valence-electron chi connectivity index (χ2n) is 5.05. The summed E-state index contributed by atoms with van der Waals surface area (Å²) in [6.45, 7) is 0. The third-order valence-corrected chi connectivity index (χ3v) is 6.34. The Balaban J connectivity index is 1.94. The highest BCUT2D eigenvalue weighted by atomic mass is 35.5. The van der Waals surface area contributed by atoms with E-state index in [1.807, 2.05) is 47.2 Å². The molecule has 2 nitrogen and oxygen atoms in total. The van der Waals surface area contributed by atoms with Crippen LogP contribution in [0.3, 0.4) is 0 Å². The Morgan fingerprint density at radius 1 is 0.958 bits per heavy atom. The molecule has 1 aromatic heterocycles. The molecule has 3 rings (SSSR count). The molecule has 0 saturated heterocycles. The highest BCUT2D eigenvalue weighted by Crippen LogP contribution is 2.46. The number of imidazole rings is 1. The van der Waals surface area contributed by atoms with E-state index >= 15 is 0 Å². The molecule has 2 aromatic carbocycles. The van der Waals surface area contributed by atoms with E-state index in [4.69, 9.17) is 46.4 Å². The van der Waals surface area contributed by atoms with Crippen molar-refractivity contribution < 1.29 is 0 Å². The van der Waals surface area contributed by atoms with E-state index in [2.05, 4.69) is 4.98 Å². The lowest BCUT2D eigenvalue weighted by atomic mass is 10.1. The second-order valence-corrected chi connectivity index (χ2v) is 7.96. The summed E-state index contributed by atoms with van der Waals surface area (Å²) in [4.78, 5) is 5.06. The van der Waals surface area contributed by atoms with Crippen molar-refractivity contribution in [3.8, 4) is 0 Å². The normalized spacial score (nSPS) is 13.7. The molecule has 3 aromatic rings. The molecular formula is C17H12Cl4N2S. The van der Waals surface area contributed by atoms with E-state index in [-0.39, 0.29) is 10.8 Å². The predicted molar refractivity (Wildman–Crippen MR) is 104 cm³/mol. The Hall–Kier alpha value is -0.840. The number of hydrogen-bond donors (Lipinski definition) is 0. The van der Waals surface area contributed by atoms with Crippen LogP contribution in [0.1, 0.15) is 16.3 Å². The molecule has 0 amide bonds. The molecule has 7 heteroatoms. The zero-order valence-corrected chi connectivity index (χ0v) is 16.1. The molecule has 1 heterocycles. The summed E-state index contributed by atoms with van der Waals surface area (Å²) >= 11 is 26.5. The van der Waals surface area contributed by atoms with Gasteiger partial charge in [-0.25, -0.2) is 4.98 Å². The lowest BCUT2D eigenvalue weighted by molar-refractivity contribution is 0.651. The van der Waals surface area contributed by atoms with Gasteiger partial charge in [-0.1, -0.05) is 58.5 Å². The van der Waals surface area contributed by atoms with E-state index in [1.54, 1.807) is 30.4 Å². The number of benzene rings is 2. The van der Waals surface area contributed by atoms with Gasteiger partial charge in [0.1, 0.15) is 5.50 Å². The minimum atomic E-state index is -0.326. The first-order valence-electron chi connectivity index (χ1n) is 7.03. The van der Waals surface area contributed by atoms with E-state index in [0.717, 1.165) is 10.5 Å². The Labute approximate surface area is 164 Å². The Bertz CT molecular complexity index is 806. The number of alkyl halides is 1. The van der Waals surface area contributed by atoms with Gasteiger partial charge in [0, 0.05) is 22.3 Å². The monoisotopic (exact) mass is 416 g/mol. The van der Waals surface area contributed by atoms with Crippen LogP contribution in [0.25, 0.3) is 0 Å². The van der Waals surface area contributed by atoms with Crippen molar-refractivity contribution in [2.24, 2.45) is 0 Å². The number of thioether (sulfide) groups is 1. The predicted octanol–water partition coefficient (Wildman–Crippen LogP) is 7.11. The molecule has 0 spiro atoms. The summed E-state index contributed by atoms with van der Waals surface area (Å²) in [6, 6.07) is 13.2. The van der Waals surface area contributed by atoms with Crippen molar-refractivity contribution in [2.75, 3.05) is 0 Å². The summed E-state index contributed by atoms with van der Waals surface area (Å²) in [5.41, 5.74) is 0.734. The lowest BCUT2D eigenvalue weighted by Gasteiger charge is -2.23. The Morgan fingerprint density at radius 3 is 2.33 bits per heavy atom. The molecule has 0 bridgehead atoms. The van der Waals surface area contributed by atoms with Crippen molar-refractivity contribution in [1.82, 2.24) is 9.55 Å². The van der Waals surface area contributed by atoms with Gasteiger partial charge >= 0.3 is 0 Å². The summed E-state index contributed by atoms with van der Waals surface area (Å²) in [6.07, 6.45) is 5.25. The van der Waals surface area contributed by atoms with Gasteiger partial charge in [-0.3, -0.25) is 0 Å². The van der Waals surface area contributed by atoms with Crippen molar-refractivity contribution in [2.45, 2.75) is 15.6 Å². The van der Waals surface area contributed by atoms with Crippen LogP contribution in [-0.2, 0) is 0 Å². The zero-order valence-electron chi connectivity index (χ0n) is 12.2. The van der Waals surface area contributed by atoms with Crippen molar-refractivity contribution >= 4 is 58.2 Å². The summed E-state index contributed by atoms with van der Waals surface area (Å²) < 4.78 is 1.87. The second kappa shape index (κ2) is 8.03. The third-order valence-electron chi connectivity index (χ3n) is 3.41. The van der Waals surface area contributed by atoms with Crippen molar-refractivity contribution in [1.29, 1.82) is 0 Å². The van der Waals surface area contributed by atoms with Gasteiger partial charge in [0.15, 0.2) is 0 Å². The SMILES string of the molecule is Clc1ccc(C(Sc2ccc(Cl)c(Cl)c2)C(Cl)n2ccnc2)cc1. The van der Waals surface area contributed by atoms with Crippen LogP contribution in [0.2, 0.25) is 15.1 Å². The quantitative estimate of drug-likeness (QED) is 0.325.